The normalized spacial score (nSPS) is 11.6. The van der Waals surface area contributed by atoms with Crippen LogP contribution in [-0.2, 0) is 0 Å². The summed E-state index contributed by atoms with van der Waals surface area (Å²) in [5, 5.41) is 29.6. The van der Waals surface area contributed by atoms with Gasteiger partial charge in [-0.3, -0.25) is 19.9 Å². The summed E-state index contributed by atoms with van der Waals surface area (Å²) < 4.78 is 1.34. The third-order valence-corrected chi connectivity index (χ3v) is 3.66. The Kier molecular flexibility index (Phi) is 4.07. The van der Waals surface area contributed by atoms with Crippen molar-refractivity contribution in [3.05, 3.63) is 74.1 Å². The van der Waals surface area contributed by atoms with Crippen molar-refractivity contribution < 1.29 is 15.1 Å². The second kappa shape index (κ2) is 6.21. The van der Waals surface area contributed by atoms with Crippen LogP contribution in [0.2, 0.25) is 5.02 Å². The van der Waals surface area contributed by atoms with Crippen molar-refractivity contribution in [3.63, 3.8) is 0 Å². The van der Waals surface area contributed by atoms with Crippen molar-refractivity contribution in [1.82, 2.24) is 14.5 Å². The van der Waals surface area contributed by atoms with Gasteiger partial charge in [0.2, 0.25) is 0 Å². The fourth-order valence-electron chi connectivity index (χ4n) is 2.19. The van der Waals surface area contributed by atoms with Crippen LogP contribution in [0.4, 0.5) is 5.69 Å². The molecular formula is C15H9ClN4O5. The van der Waals surface area contributed by atoms with Crippen molar-refractivity contribution >= 4 is 34.1 Å². The zero-order valence-electron chi connectivity index (χ0n) is 12.3. The predicted octanol–water partition coefficient (Wildman–Crippen LogP) is 2.76. The zero-order valence-corrected chi connectivity index (χ0v) is 13.1. The molecule has 2 aromatic heterocycles. The van der Waals surface area contributed by atoms with E-state index in [1.165, 1.54) is 41.4 Å². The number of hydrogen-bond acceptors (Lipinski definition) is 7. The lowest BCUT2D eigenvalue weighted by molar-refractivity contribution is -0.384. The van der Waals surface area contributed by atoms with Gasteiger partial charge in [0.1, 0.15) is 22.7 Å². The first kappa shape index (κ1) is 16.4. The predicted molar refractivity (Wildman–Crippen MR) is 90.0 cm³/mol. The molecule has 25 heavy (non-hydrogen) atoms. The molecule has 0 amide bonds. The number of nitrogens with zero attached hydrogens (tertiary/aromatic N) is 4. The van der Waals surface area contributed by atoms with E-state index in [-0.39, 0.29) is 27.6 Å². The van der Waals surface area contributed by atoms with Gasteiger partial charge in [0.25, 0.3) is 5.69 Å². The number of pyridine rings is 1. The average Bonchev–Trinajstić information content (AvgIpc) is 2.61. The molecule has 0 fully saturated rings. The van der Waals surface area contributed by atoms with Gasteiger partial charge in [0.05, 0.1) is 22.2 Å². The lowest BCUT2D eigenvalue weighted by Crippen LogP contribution is -2.07. The van der Waals surface area contributed by atoms with Crippen LogP contribution in [-0.4, -0.2) is 29.7 Å². The molecule has 0 aliphatic carbocycles. The third kappa shape index (κ3) is 3.00. The van der Waals surface area contributed by atoms with Crippen LogP contribution in [0.5, 0.6) is 0 Å². The Morgan fingerprint density at radius 3 is 2.76 bits per heavy atom. The largest absolute Gasteiger partial charge is 0.512 e. The second-order valence-corrected chi connectivity index (χ2v) is 5.33. The van der Waals surface area contributed by atoms with Crippen LogP contribution in [0, 0.1) is 10.1 Å². The highest BCUT2D eigenvalue weighted by atomic mass is 35.5. The number of aliphatic hydroxyl groups excluding tert-OH is 2. The van der Waals surface area contributed by atoms with Gasteiger partial charge in [-0.05, 0) is 6.07 Å². The van der Waals surface area contributed by atoms with E-state index in [1.807, 2.05) is 0 Å². The molecule has 0 bridgehead atoms. The molecule has 2 heterocycles. The molecule has 0 radical (unpaired) electrons. The first-order chi connectivity index (χ1) is 11.9. The molecule has 3 rings (SSSR count). The summed E-state index contributed by atoms with van der Waals surface area (Å²) in [6.45, 7) is 0. The van der Waals surface area contributed by atoms with E-state index in [2.05, 4.69) is 9.97 Å². The van der Waals surface area contributed by atoms with Crippen molar-refractivity contribution in [1.29, 1.82) is 0 Å². The summed E-state index contributed by atoms with van der Waals surface area (Å²) in [5.74, 6) is -0.520. The minimum absolute atomic E-state index is 0.0385. The summed E-state index contributed by atoms with van der Waals surface area (Å²) in [7, 11) is 0. The Morgan fingerprint density at radius 2 is 2.12 bits per heavy atom. The van der Waals surface area contributed by atoms with Crippen LogP contribution in [0.15, 0.2) is 47.8 Å². The smallest absolute Gasteiger partial charge is 0.295 e. The van der Waals surface area contributed by atoms with E-state index < -0.39 is 16.1 Å². The zero-order chi connectivity index (χ0) is 18.1. The van der Waals surface area contributed by atoms with Gasteiger partial charge < -0.3 is 14.8 Å². The summed E-state index contributed by atoms with van der Waals surface area (Å²) in [5.41, 5.74) is -0.145. The first-order valence-electron chi connectivity index (χ1n) is 6.78. The molecule has 126 valence electrons. The Bertz CT molecular complexity index is 1090. The second-order valence-electron chi connectivity index (χ2n) is 4.92. The Balaban J connectivity index is 2.28. The van der Waals surface area contributed by atoms with E-state index in [0.717, 1.165) is 0 Å². The summed E-state index contributed by atoms with van der Waals surface area (Å²) >= 11 is 5.80. The lowest BCUT2D eigenvalue weighted by Gasteiger charge is -2.09. The number of benzene rings is 1. The molecular weight excluding hydrogens is 352 g/mol. The molecule has 0 aliphatic rings. The Hall–Kier alpha value is -3.46. The van der Waals surface area contributed by atoms with Crippen molar-refractivity contribution in [3.8, 4) is 5.69 Å². The van der Waals surface area contributed by atoms with Crippen LogP contribution in [0.1, 0.15) is 5.69 Å². The highest BCUT2D eigenvalue weighted by Crippen LogP contribution is 2.28. The van der Waals surface area contributed by atoms with Crippen molar-refractivity contribution in [2.75, 3.05) is 0 Å². The fourth-order valence-corrected chi connectivity index (χ4v) is 2.35. The lowest BCUT2D eigenvalue weighted by atomic mass is 10.2. The fraction of sp³-hybridized carbons (Fsp3) is 0. The van der Waals surface area contributed by atoms with Gasteiger partial charge in [-0.1, -0.05) is 11.6 Å². The molecule has 0 aliphatic heterocycles. The van der Waals surface area contributed by atoms with E-state index in [1.54, 1.807) is 0 Å². The topological polar surface area (TPSA) is 131 Å². The molecule has 0 spiro atoms. The Labute approximate surface area is 144 Å². The number of halogens is 1. The van der Waals surface area contributed by atoms with Crippen LogP contribution >= 0.6 is 11.6 Å². The minimum atomic E-state index is -0.614. The van der Waals surface area contributed by atoms with Gasteiger partial charge in [-0.15, -0.1) is 0 Å². The standard InChI is InChI=1S/C15H9ClN4O5/c16-8-6-19(2-1-14(8)22)12-3-9-10(4-13(12)20(24)25)18-11(5-17-9)15(23)7-21/h1-7,21,23H. The monoisotopic (exact) mass is 360 g/mol. The highest BCUT2D eigenvalue weighted by molar-refractivity contribution is 6.30. The Morgan fingerprint density at radius 1 is 1.36 bits per heavy atom. The maximum Gasteiger partial charge on any atom is 0.295 e. The van der Waals surface area contributed by atoms with Crippen molar-refractivity contribution in [2.45, 2.75) is 0 Å². The number of hydrogen-bond donors (Lipinski definition) is 2. The van der Waals surface area contributed by atoms with Gasteiger partial charge >= 0.3 is 0 Å². The molecule has 2 N–H and O–H groups in total. The molecule has 0 unspecified atom stereocenters. The van der Waals surface area contributed by atoms with Gasteiger partial charge in [0.15, 0.2) is 11.2 Å². The third-order valence-electron chi connectivity index (χ3n) is 3.37. The van der Waals surface area contributed by atoms with E-state index in [0.29, 0.717) is 11.8 Å². The molecule has 10 heteroatoms. The van der Waals surface area contributed by atoms with Gasteiger partial charge in [-0.25, -0.2) is 4.98 Å². The molecule has 9 nitrogen and oxygen atoms in total. The number of nitro groups is 1. The first-order valence-corrected chi connectivity index (χ1v) is 7.15. The maximum atomic E-state index is 11.4. The highest BCUT2D eigenvalue weighted by Gasteiger charge is 2.18. The quantitative estimate of drug-likeness (QED) is 0.417. The molecule has 0 saturated carbocycles. The number of rotatable bonds is 3. The summed E-state index contributed by atoms with van der Waals surface area (Å²) in [6, 6.07) is 3.78. The van der Waals surface area contributed by atoms with Gasteiger partial charge in [-0.2, -0.15) is 0 Å². The molecule has 0 saturated heterocycles. The van der Waals surface area contributed by atoms with E-state index >= 15 is 0 Å². The number of nitro benzene ring substituents is 1. The number of aromatic nitrogens is 3. The van der Waals surface area contributed by atoms with Gasteiger partial charge in [0, 0.05) is 24.5 Å². The van der Waals surface area contributed by atoms with Crippen molar-refractivity contribution in [2.24, 2.45) is 0 Å². The SMILES string of the molecule is O=c1ccn(-c2cc3ncc(C(O)=CO)nc3cc2[N+](=O)[O-])cc1Cl. The number of aliphatic hydroxyl groups is 2. The summed E-state index contributed by atoms with van der Waals surface area (Å²) in [6.07, 6.45) is 4.27. The molecule has 3 aromatic rings. The van der Waals surface area contributed by atoms with Crippen LogP contribution in [0.25, 0.3) is 22.5 Å². The minimum Gasteiger partial charge on any atom is -0.512 e. The molecule has 1 aromatic carbocycles. The average molecular weight is 361 g/mol. The number of fused-ring (bicyclic) bond motifs is 1. The van der Waals surface area contributed by atoms with Crippen LogP contribution in [0.3, 0.4) is 0 Å². The van der Waals surface area contributed by atoms with E-state index in [9.17, 15) is 20.0 Å². The molecule has 0 atom stereocenters. The maximum absolute atomic E-state index is 11.4. The van der Waals surface area contributed by atoms with E-state index in [4.69, 9.17) is 16.7 Å². The summed E-state index contributed by atoms with van der Waals surface area (Å²) in [4.78, 5) is 30.3. The van der Waals surface area contributed by atoms with Crippen LogP contribution < -0.4 is 5.43 Å².